The molecule has 4 aliphatic carbocycles. The van der Waals surface area contributed by atoms with Gasteiger partial charge in [-0.2, -0.15) is 0 Å². The third-order valence-electron chi connectivity index (χ3n) is 5.14. The molecule has 4 fully saturated rings. The van der Waals surface area contributed by atoms with Gasteiger partial charge in [-0.25, -0.2) is 4.79 Å². The highest BCUT2D eigenvalue weighted by Gasteiger charge is 2.57. The summed E-state index contributed by atoms with van der Waals surface area (Å²) in [5, 5.41) is 6.67. The van der Waals surface area contributed by atoms with E-state index in [1.165, 1.54) is 26.4 Å². The molecule has 0 heterocycles. The molecule has 4 heteroatoms. The Kier molecular flexibility index (Phi) is 2.41. The van der Waals surface area contributed by atoms with Crippen LogP contribution in [0.3, 0.4) is 0 Å². The van der Waals surface area contributed by atoms with E-state index in [-0.39, 0.29) is 17.2 Å². The first-order chi connectivity index (χ1) is 8.09. The number of rotatable bonds is 2. The Morgan fingerprint density at radius 3 is 2.29 bits per heavy atom. The van der Waals surface area contributed by atoms with Crippen molar-refractivity contribution >= 4 is 6.09 Å². The summed E-state index contributed by atoms with van der Waals surface area (Å²) in [5.41, 5.74) is 0.269. The molecule has 4 aliphatic rings. The molecule has 4 saturated carbocycles. The van der Waals surface area contributed by atoms with E-state index in [2.05, 4.69) is 17.7 Å². The number of nitrogens with one attached hydrogen (secondary N) is 2. The summed E-state index contributed by atoms with van der Waals surface area (Å²) in [4.78, 5) is 11.5. The Morgan fingerprint density at radius 1 is 1.18 bits per heavy atom. The number of hydrogen-bond donors (Lipinski definition) is 2. The molecule has 0 aromatic carbocycles. The summed E-state index contributed by atoms with van der Waals surface area (Å²) in [5.74, 6) is 1.56. The molecule has 4 nitrogen and oxygen atoms in total. The Bertz CT molecular complexity index is 328. The predicted molar refractivity (Wildman–Crippen MR) is 64.7 cm³/mol. The Morgan fingerprint density at radius 2 is 1.76 bits per heavy atom. The molecule has 0 spiro atoms. The molecule has 17 heavy (non-hydrogen) atoms. The Labute approximate surface area is 102 Å². The van der Waals surface area contributed by atoms with Gasteiger partial charge in [0.15, 0.2) is 0 Å². The van der Waals surface area contributed by atoms with Crippen molar-refractivity contribution in [3.8, 4) is 0 Å². The first kappa shape index (κ1) is 11.3. The van der Waals surface area contributed by atoms with Crippen molar-refractivity contribution in [2.75, 3.05) is 14.2 Å². The first-order valence-corrected chi connectivity index (χ1v) is 6.64. The van der Waals surface area contributed by atoms with Crippen molar-refractivity contribution in [1.29, 1.82) is 0 Å². The number of amides is 1. The fourth-order valence-corrected chi connectivity index (χ4v) is 4.97. The number of ether oxygens (including phenoxy) is 1. The smallest absolute Gasteiger partial charge is 0.407 e. The fourth-order valence-electron chi connectivity index (χ4n) is 4.97. The highest BCUT2D eigenvalue weighted by atomic mass is 16.5. The third-order valence-corrected chi connectivity index (χ3v) is 5.14. The number of carbonyl (C=O) groups is 1. The van der Waals surface area contributed by atoms with E-state index in [1.54, 1.807) is 0 Å². The summed E-state index contributed by atoms with van der Waals surface area (Å²) in [6.07, 6.45) is 7.00. The molecular weight excluding hydrogens is 216 g/mol. The molecule has 0 aromatic rings. The second kappa shape index (κ2) is 3.61. The van der Waals surface area contributed by atoms with Gasteiger partial charge in [-0.3, -0.25) is 0 Å². The van der Waals surface area contributed by atoms with Gasteiger partial charge in [0.25, 0.3) is 0 Å². The van der Waals surface area contributed by atoms with Gasteiger partial charge >= 0.3 is 6.09 Å². The van der Waals surface area contributed by atoms with Gasteiger partial charge in [0, 0.05) is 11.1 Å². The monoisotopic (exact) mass is 238 g/mol. The summed E-state index contributed by atoms with van der Waals surface area (Å²) in [7, 11) is 3.52. The van der Waals surface area contributed by atoms with Crippen LogP contribution in [0, 0.1) is 11.8 Å². The fraction of sp³-hybridized carbons (Fsp3) is 0.923. The molecule has 0 aromatic heterocycles. The molecule has 2 N–H and O–H groups in total. The standard InChI is InChI=1S/C13H22N2O2/c1-14-12-4-9-3-10(5-12)7-13(6-9,8-12)15-11(16)17-2/h9-10,14H,3-8H2,1-2H3,(H,15,16). The SMILES string of the molecule is CNC12CC3CC(C1)CC(NC(=O)OC)(C3)C2. The maximum atomic E-state index is 11.5. The molecule has 0 radical (unpaired) electrons. The lowest BCUT2D eigenvalue weighted by Crippen LogP contribution is -2.68. The van der Waals surface area contributed by atoms with Crippen molar-refractivity contribution in [2.24, 2.45) is 11.8 Å². The lowest BCUT2D eigenvalue weighted by molar-refractivity contribution is -0.0466. The van der Waals surface area contributed by atoms with E-state index >= 15 is 0 Å². The van der Waals surface area contributed by atoms with Crippen LogP contribution < -0.4 is 10.6 Å². The number of alkyl carbamates (subject to hydrolysis) is 1. The largest absolute Gasteiger partial charge is 0.453 e. The van der Waals surface area contributed by atoms with Crippen LogP contribution in [0.1, 0.15) is 38.5 Å². The van der Waals surface area contributed by atoms with Gasteiger partial charge in [0.1, 0.15) is 0 Å². The van der Waals surface area contributed by atoms with E-state index in [1.807, 2.05) is 0 Å². The van der Waals surface area contributed by atoms with Crippen LogP contribution >= 0.6 is 0 Å². The van der Waals surface area contributed by atoms with Crippen molar-refractivity contribution in [2.45, 2.75) is 49.6 Å². The van der Waals surface area contributed by atoms with E-state index in [0.29, 0.717) is 0 Å². The second-order valence-corrected chi connectivity index (χ2v) is 6.39. The van der Waals surface area contributed by atoms with E-state index in [9.17, 15) is 4.79 Å². The van der Waals surface area contributed by atoms with Crippen LogP contribution in [0.2, 0.25) is 0 Å². The topological polar surface area (TPSA) is 50.4 Å². The van der Waals surface area contributed by atoms with Crippen LogP contribution in [0.5, 0.6) is 0 Å². The van der Waals surface area contributed by atoms with Crippen molar-refractivity contribution < 1.29 is 9.53 Å². The minimum Gasteiger partial charge on any atom is -0.453 e. The average Bonchev–Trinajstić information content (AvgIpc) is 2.26. The molecule has 2 unspecified atom stereocenters. The zero-order valence-corrected chi connectivity index (χ0v) is 10.7. The lowest BCUT2D eigenvalue weighted by atomic mass is 9.50. The van der Waals surface area contributed by atoms with Gasteiger partial charge < -0.3 is 15.4 Å². The first-order valence-electron chi connectivity index (χ1n) is 6.64. The summed E-state index contributed by atoms with van der Waals surface area (Å²) >= 11 is 0. The lowest BCUT2D eigenvalue weighted by Gasteiger charge is -2.62. The molecular formula is C13H22N2O2. The van der Waals surface area contributed by atoms with Gasteiger partial charge in [-0.1, -0.05) is 0 Å². The number of hydrogen-bond acceptors (Lipinski definition) is 3. The van der Waals surface area contributed by atoms with E-state index in [4.69, 9.17) is 4.74 Å². The van der Waals surface area contributed by atoms with Crippen molar-refractivity contribution in [3.05, 3.63) is 0 Å². The third kappa shape index (κ3) is 1.73. The molecule has 1 amide bonds. The van der Waals surface area contributed by atoms with E-state index < -0.39 is 0 Å². The minimum absolute atomic E-state index is 0.000185. The van der Waals surface area contributed by atoms with Crippen LogP contribution in [-0.2, 0) is 4.74 Å². The molecule has 4 bridgehead atoms. The van der Waals surface area contributed by atoms with Gasteiger partial charge in [0.2, 0.25) is 0 Å². The van der Waals surface area contributed by atoms with Gasteiger partial charge in [0.05, 0.1) is 7.11 Å². The average molecular weight is 238 g/mol. The van der Waals surface area contributed by atoms with Crippen molar-refractivity contribution in [3.63, 3.8) is 0 Å². The number of methoxy groups -OCH3 is 1. The molecule has 4 rings (SSSR count). The zero-order chi connectivity index (χ0) is 12.1. The van der Waals surface area contributed by atoms with Gasteiger partial charge in [-0.15, -0.1) is 0 Å². The van der Waals surface area contributed by atoms with Gasteiger partial charge in [-0.05, 0) is 57.4 Å². The summed E-state index contributed by atoms with van der Waals surface area (Å²) in [6, 6.07) is 0. The second-order valence-electron chi connectivity index (χ2n) is 6.39. The van der Waals surface area contributed by atoms with E-state index in [0.717, 1.165) is 31.1 Å². The Balaban J connectivity index is 1.84. The Hall–Kier alpha value is -0.770. The quantitative estimate of drug-likeness (QED) is 0.769. The highest BCUT2D eigenvalue weighted by molar-refractivity contribution is 5.68. The molecule has 2 atom stereocenters. The normalized spacial score (nSPS) is 46.9. The van der Waals surface area contributed by atoms with Crippen LogP contribution in [0.15, 0.2) is 0 Å². The summed E-state index contributed by atoms with van der Waals surface area (Å²) < 4.78 is 4.79. The maximum Gasteiger partial charge on any atom is 0.407 e. The number of carbonyl (C=O) groups excluding carboxylic acids is 1. The van der Waals surface area contributed by atoms with Crippen molar-refractivity contribution in [1.82, 2.24) is 10.6 Å². The predicted octanol–water partition coefficient (Wildman–Crippen LogP) is 1.65. The molecule has 0 saturated heterocycles. The molecule has 0 aliphatic heterocycles. The van der Waals surface area contributed by atoms with Crippen LogP contribution in [0.25, 0.3) is 0 Å². The highest BCUT2D eigenvalue weighted by Crippen LogP contribution is 2.57. The zero-order valence-electron chi connectivity index (χ0n) is 10.7. The maximum absolute atomic E-state index is 11.5. The molecule has 96 valence electrons. The van der Waals surface area contributed by atoms with Crippen LogP contribution in [0.4, 0.5) is 4.79 Å². The van der Waals surface area contributed by atoms with Crippen LogP contribution in [-0.4, -0.2) is 31.3 Å². The summed E-state index contributed by atoms with van der Waals surface area (Å²) in [6.45, 7) is 0. The minimum atomic E-state index is -0.266.